The first-order valence-corrected chi connectivity index (χ1v) is 6.49. The molecule has 0 bridgehead atoms. The summed E-state index contributed by atoms with van der Waals surface area (Å²) < 4.78 is 5.07. The third-order valence-corrected chi connectivity index (χ3v) is 3.65. The van der Waals surface area contributed by atoms with E-state index in [1.807, 2.05) is 13.8 Å². The predicted molar refractivity (Wildman–Crippen MR) is 67.1 cm³/mol. The second-order valence-corrected chi connectivity index (χ2v) is 5.30. The van der Waals surface area contributed by atoms with Crippen LogP contribution in [0.3, 0.4) is 0 Å². The Labute approximate surface area is 108 Å². The molecule has 2 N–H and O–H groups in total. The average molecular weight is 257 g/mol. The third kappa shape index (κ3) is 3.70. The fourth-order valence-corrected chi connectivity index (χ4v) is 2.44. The number of rotatable bonds is 6. The van der Waals surface area contributed by atoms with Crippen LogP contribution in [-0.4, -0.2) is 36.7 Å². The van der Waals surface area contributed by atoms with E-state index in [2.05, 4.69) is 5.32 Å². The summed E-state index contributed by atoms with van der Waals surface area (Å²) in [6, 6.07) is -0.0578. The van der Waals surface area contributed by atoms with Gasteiger partial charge >= 0.3 is 5.97 Å². The number of amides is 1. The maximum atomic E-state index is 12.1. The van der Waals surface area contributed by atoms with Gasteiger partial charge in [0.15, 0.2) is 0 Å². The number of nitrogens with one attached hydrogen (secondary N) is 1. The van der Waals surface area contributed by atoms with Crippen LogP contribution in [0.25, 0.3) is 0 Å². The van der Waals surface area contributed by atoms with Crippen LogP contribution in [0, 0.1) is 17.8 Å². The molecule has 1 amide bonds. The number of carbonyl (C=O) groups is 2. The van der Waals surface area contributed by atoms with Gasteiger partial charge in [0.1, 0.15) is 0 Å². The molecule has 0 spiro atoms. The van der Waals surface area contributed by atoms with Gasteiger partial charge in [-0.2, -0.15) is 0 Å². The minimum Gasteiger partial charge on any atom is -0.481 e. The molecule has 1 saturated carbocycles. The van der Waals surface area contributed by atoms with Crippen molar-refractivity contribution in [1.29, 1.82) is 0 Å². The highest BCUT2D eigenvalue weighted by molar-refractivity contribution is 5.85. The lowest BCUT2D eigenvalue weighted by Gasteiger charge is -2.24. The van der Waals surface area contributed by atoms with E-state index in [9.17, 15) is 9.59 Å². The molecule has 5 heteroatoms. The Hall–Kier alpha value is -1.10. The first kappa shape index (κ1) is 15.0. The first-order valence-electron chi connectivity index (χ1n) is 6.49. The number of ether oxygens (including phenoxy) is 1. The van der Waals surface area contributed by atoms with Crippen LogP contribution in [0.5, 0.6) is 0 Å². The fourth-order valence-electron chi connectivity index (χ4n) is 2.44. The topological polar surface area (TPSA) is 75.6 Å². The lowest BCUT2D eigenvalue weighted by Crippen LogP contribution is -2.45. The number of methoxy groups -OCH3 is 1. The van der Waals surface area contributed by atoms with Crippen LogP contribution in [-0.2, 0) is 14.3 Å². The number of carboxylic acids is 1. The molecule has 0 aliphatic heterocycles. The van der Waals surface area contributed by atoms with Crippen molar-refractivity contribution in [3.63, 3.8) is 0 Å². The molecule has 1 unspecified atom stereocenters. The second kappa shape index (κ2) is 6.73. The number of aliphatic carboxylic acids is 1. The molecule has 0 aromatic rings. The largest absolute Gasteiger partial charge is 0.481 e. The van der Waals surface area contributed by atoms with Crippen molar-refractivity contribution in [3.05, 3.63) is 0 Å². The molecule has 5 nitrogen and oxygen atoms in total. The van der Waals surface area contributed by atoms with E-state index >= 15 is 0 Å². The Bertz CT molecular complexity index is 303. The van der Waals surface area contributed by atoms with Gasteiger partial charge in [-0.1, -0.05) is 20.3 Å². The lowest BCUT2D eigenvalue weighted by molar-refractivity contribution is -0.146. The molecule has 18 heavy (non-hydrogen) atoms. The fraction of sp³-hybridized carbons (Fsp3) is 0.846. The smallest absolute Gasteiger partial charge is 0.307 e. The number of carbonyl (C=O) groups excluding carboxylic acids is 1. The summed E-state index contributed by atoms with van der Waals surface area (Å²) in [7, 11) is 1.59. The normalized spacial score (nSPS) is 25.1. The van der Waals surface area contributed by atoms with Crippen molar-refractivity contribution in [2.24, 2.45) is 17.8 Å². The van der Waals surface area contributed by atoms with Gasteiger partial charge < -0.3 is 15.2 Å². The van der Waals surface area contributed by atoms with Gasteiger partial charge in [0.2, 0.25) is 5.91 Å². The van der Waals surface area contributed by atoms with Gasteiger partial charge in [0.25, 0.3) is 0 Å². The maximum absolute atomic E-state index is 12.1. The van der Waals surface area contributed by atoms with Crippen LogP contribution in [0.15, 0.2) is 0 Å². The Morgan fingerprint density at radius 1 is 1.33 bits per heavy atom. The lowest BCUT2D eigenvalue weighted by atomic mass is 9.94. The Kier molecular flexibility index (Phi) is 5.59. The zero-order chi connectivity index (χ0) is 13.7. The average Bonchev–Trinajstić information content (AvgIpc) is 2.77. The quantitative estimate of drug-likeness (QED) is 0.751. The molecule has 104 valence electrons. The Morgan fingerprint density at radius 3 is 2.44 bits per heavy atom. The Morgan fingerprint density at radius 2 is 1.94 bits per heavy atom. The predicted octanol–water partition coefficient (Wildman–Crippen LogP) is 1.27. The van der Waals surface area contributed by atoms with Gasteiger partial charge in [-0.3, -0.25) is 9.59 Å². The molecule has 0 saturated heterocycles. The molecule has 3 atom stereocenters. The molecule has 1 fully saturated rings. The summed E-state index contributed by atoms with van der Waals surface area (Å²) in [5, 5.41) is 12.0. The third-order valence-electron chi connectivity index (χ3n) is 3.65. The van der Waals surface area contributed by atoms with Gasteiger partial charge in [-0.05, 0) is 18.8 Å². The molecule has 0 heterocycles. The SMILES string of the molecule is COCC(NC(=O)[C@@H]1CCC[C@@H]1C(=O)O)C(C)C. The van der Waals surface area contributed by atoms with Gasteiger partial charge in [-0.15, -0.1) is 0 Å². The van der Waals surface area contributed by atoms with Crippen molar-refractivity contribution in [1.82, 2.24) is 5.32 Å². The zero-order valence-corrected chi connectivity index (χ0v) is 11.3. The molecular formula is C13H23NO4. The van der Waals surface area contributed by atoms with E-state index in [1.165, 1.54) is 0 Å². The van der Waals surface area contributed by atoms with Gasteiger partial charge in [0, 0.05) is 7.11 Å². The number of hydrogen-bond donors (Lipinski definition) is 2. The molecule has 1 rings (SSSR count). The number of hydrogen-bond acceptors (Lipinski definition) is 3. The van der Waals surface area contributed by atoms with E-state index in [1.54, 1.807) is 7.11 Å². The zero-order valence-electron chi connectivity index (χ0n) is 11.3. The molecule has 0 aromatic heterocycles. The van der Waals surface area contributed by atoms with E-state index in [-0.39, 0.29) is 23.8 Å². The van der Waals surface area contributed by atoms with E-state index in [0.29, 0.717) is 19.4 Å². The summed E-state index contributed by atoms with van der Waals surface area (Å²) in [5.74, 6) is -1.66. The maximum Gasteiger partial charge on any atom is 0.307 e. The Balaban J connectivity index is 2.60. The molecule has 1 aliphatic rings. The summed E-state index contributed by atoms with van der Waals surface area (Å²) in [5.41, 5.74) is 0. The van der Waals surface area contributed by atoms with Crippen molar-refractivity contribution in [2.45, 2.75) is 39.2 Å². The van der Waals surface area contributed by atoms with Crippen LogP contribution < -0.4 is 5.32 Å². The highest BCUT2D eigenvalue weighted by Gasteiger charge is 2.38. The van der Waals surface area contributed by atoms with Crippen molar-refractivity contribution in [3.8, 4) is 0 Å². The van der Waals surface area contributed by atoms with Crippen molar-refractivity contribution >= 4 is 11.9 Å². The summed E-state index contributed by atoms with van der Waals surface area (Å²) in [4.78, 5) is 23.2. The molecule has 1 aliphatic carbocycles. The van der Waals surface area contributed by atoms with Crippen LogP contribution in [0.2, 0.25) is 0 Å². The molecule has 0 aromatic carbocycles. The van der Waals surface area contributed by atoms with E-state index < -0.39 is 11.9 Å². The number of carboxylic acid groups (broad SMARTS) is 1. The van der Waals surface area contributed by atoms with E-state index in [0.717, 1.165) is 6.42 Å². The van der Waals surface area contributed by atoms with E-state index in [4.69, 9.17) is 9.84 Å². The minimum atomic E-state index is -0.861. The van der Waals surface area contributed by atoms with Crippen LogP contribution in [0.4, 0.5) is 0 Å². The van der Waals surface area contributed by atoms with Crippen molar-refractivity contribution in [2.75, 3.05) is 13.7 Å². The summed E-state index contributed by atoms with van der Waals surface area (Å²) >= 11 is 0. The highest BCUT2D eigenvalue weighted by Crippen LogP contribution is 2.32. The standard InChI is InChI=1S/C13H23NO4/c1-8(2)11(7-18-3)14-12(15)9-5-4-6-10(9)13(16)17/h8-11H,4-7H2,1-3H3,(H,14,15)(H,16,17)/t9-,10+,11?/m1/s1. The first-order chi connectivity index (χ1) is 8.47. The van der Waals surface area contributed by atoms with Crippen LogP contribution >= 0.6 is 0 Å². The minimum absolute atomic E-state index is 0.0578. The molecule has 0 radical (unpaired) electrons. The summed E-state index contributed by atoms with van der Waals surface area (Å²) in [6.45, 7) is 4.47. The van der Waals surface area contributed by atoms with Gasteiger partial charge in [-0.25, -0.2) is 0 Å². The van der Waals surface area contributed by atoms with Gasteiger partial charge in [0.05, 0.1) is 24.5 Å². The van der Waals surface area contributed by atoms with Crippen LogP contribution in [0.1, 0.15) is 33.1 Å². The summed E-state index contributed by atoms with van der Waals surface area (Å²) in [6.07, 6.45) is 2.08. The highest BCUT2D eigenvalue weighted by atomic mass is 16.5. The second-order valence-electron chi connectivity index (χ2n) is 5.30. The van der Waals surface area contributed by atoms with Crippen molar-refractivity contribution < 1.29 is 19.4 Å². The monoisotopic (exact) mass is 257 g/mol. The molecular weight excluding hydrogens is 234 g/mol.